The molecular formula is C8H17O2P. The Balaban J connectivity index is 4.63. The van der Waals surface area contributed by atoms with Crippen molar-refractivity contribution in [3.63, 3.8) is 0 Å². The largest absolute Gasteiger partial charge is 0.341 e. The minimum atomic E-state index is -3.12. The zero-order chi connectivity index (χ0) is 9.28. The van der Waals surface area contributed by atoms with E-state index in [1.54, 1.807) is 6.92 Å². The van der Waals surface area contributed by atoms with Gasteiger partial charge in [0.2, 0.25) is 7.37 Å². The van der Waals surface area contributed by atoms with Gasteiger partial charge >= 0.3 is 0 Å². The van der Waals surface area contributed by atoms with E-state index < -0.39 is 7.37 Å². The van der Waals surface area contributed by atoms with Gasteiger partial charge in [0.1, 0.15) is 0 Å². The van der Waals surface area contributed by atoms with E-state index in [0.717, 1.165) is 0 Å². The van der Waals surface area contributed by atoms with E-state index >= 15 is 0 Å². The Kier molecular flexibility index (Phi) is 3.10. The van der Waals surface area contributed by atoms with Crippen LogP contribution in [-0.4, -0.2) is 10.6 Å². The van der Waals surface area contributed by atoms with Crippen LogP contribution >= 0.6 is 7.37 Å². The van der Waals surface area contributed by atoms with Crippen LogP contribution in [0.3, 0.4) is 0 Å². The summed E-state index contributed by atoms with van der Waals surface area (Å²) in [5.41, 5.74) is -0.370. The van der Waals surface area contributed by atoms with Crippen molar-refractivity contribution in [1.82, 2.24) is 0 Å². The first-order valence-electron chi connectivity index (χ1n) is 3.67. The zero-order valence-corrected chi connectivity index (χ0v) is 8.56. The molecule has 0 aliphatic heterocycles. The molecule has 0 heterocycles. The molecule has 0 aromatic heterocycles. The summed E-state index contributed by atoms with van der Waals surface area (Å²) >= 11 is 0. The summed E-state index contributed by atoms with van der Waals surface area (Å²) in [5.74, 6) is 1.17. The van der Waals surface area contributed by atoms with Crippen LogP contribution in [0, 0.1) is 5.41 Å². The lowest BCUT2D eigenvalue weighted by Crippen LogP contribution is -2.22. The fraction of sp³-hybridized carbons (Fsp3) is 0.750. The van der Waals surface area contributed by atoms with Crippen molar-refractivity contribution in [3.05, 3.63) is 12.4 Å². The molecule has 2 nitrogen and oxygen atoms in total. The predicted octanol–water partition coefficient (Wildman–Crippen LogP) is 2.83. The van der Waals surface area contributed by atoms with Gasteiger partial charge in [0, 0.05) is 5.66 Å². The first kappa shape index (κ1) is 10.9. The van der Waals surface area contributed by atoms with Gasteiger partial charge in [0.15, 0.2) is 0 Å². The summed E-state index contributed by atoms with van der Waals surface area (Å²) in [5, 5.41) is 0. The van der Waals surface area contributed by atoms with Gasteiger partial charge in [-0.3, -0.25) is 4.57 Å². The molecule has 0 aliphatic carbocycles. The van der Waals surface area contributed by atoms with Crippen molar-refractivity contribution in [2.45, 2.75) is 33.4 Å². The van der Waals surface area contributed by atoms with Gasteiger partial charge < -0.3 is 4.89 Å². The second-order valence-corrected chi connectivity index (χ2v) is 6.38. The number of rotatable bonds is 2. The highest BCUT2D eigenvalue weighted by Gasteiger charge is 2.33. The SMILES string of the molecule is C=CP(=O)(O)C(C)C(C)(C)C. The normalized spacial score (nSPS) is 20.5. The van der Waals surface area contributed by atoms with E-state index in [9.17, 15) is 9.46 Å². The van der Waals surface area contributed by atoms with Gasteiger partial charge in [-0.05, 0) is 11.2 Å². The van der Waals surface area contributed by atoms with E-state index in [0.29, 0.717) is 0 Å². The molecule has 0 spiro atoms. The average Bonchev–Trinajstić information content (AvgIpc) is 1.84. The minimum absolute atomic E-state index is 0.140. The van der Waals surface area contributed by atoms with E-state index in [1.165, 1.54) is 5.82 Å². The van der Waals surface area contributed by atoms with E-state index in [1.807, 2.05) is 20.8 Å². The summed E-state index contributed by atoms with van der Waals surface area (Å²) in [4.78, 5) is 9.36. The van der Waals surface area contributed by atoms with Crippen LogP contribution in [0.4, 0.5) is 0 Å². The van der Waals surface area contributed by atoms with Crippen LogP contribution < -0.4 is 0 Å². The fourth-order valence-corrected chi connectivity index (χ4v) is 2.14. The highest BCUT2D eigenvalue weighted by molar-refractivity contribution is 7.62. The third-order valence-corrected chi connectivity index (χ3v) is 4.48. The van der Waals surface area contributed by atoms with Crippen LogP contribution in [0.2, 0.25) is 0 Å². The molecule has 0 aromatic rings. The third kappa shape index (κ3) is 2.80. The first-order valence-corrected chi connectivity index (χ1v) is 5.47. The molecule has 2 unspecified atom stereocenters. The first-order chi connectivity index (χ1) is 4.72. The molecule has 0 saturated carbocycles. The smallest absolute Gasteiger partial charge is 0.225 e. The number of hydrogen-bond donors (Lipinski definition) is 1. The van der Waals surface area contributed by atoms with Crippen molar-refractivity contribution < 1.29 is 9.46 Å². The molecule has 1 N–H and O–H groups in total. The Morgan fingerprint density at radius 3 is 2.00 bits per heavy atom. The molecule has 0 saturated heterocycles. The van der Waals surface area contributed by atoms with E-state index in [2.05, 4.69) is 6.58 Å². The molecule has 2 atom stereocenters. The second kappa shape index (κ2) is 3.12. The van der Waals surface area contributed by atoms with Gasteiger partial charge in [-0.15, -0.1) is 0 Å². The Morgan fingerprint density at radius 2 is 1.91 bits per heavy atom. The van der Waals surface area contributed by atoms with Crippen LogP contribution in [0.25, 0.3) is 0 Å². The molecular weight excluding hydrogens is 159 g/mol. The molecule has 0 amide bonds. The van der Waals surface area contributed by atoms with Gasteiger partial charge in [-0.25, -0.2) is 0 Å². The van der Waals surface area contributed by atoms with Crippen molar-refractivity contribution in [2.75, 3.05) is 0 Å². The van der Waals surface area contributed by atoms with E-state index in [-0.39, 0.29) is 11.1 Å². The summed E-state index contributed by atoms with van der Waals surface area (Å²) in [7, 11) is -3.12. The quantitative estimate of drug-likeness (QED) is 0.657. The minimum Gasteiger partial charge on any atom is -0.341 e. The van der Waals surface area contributed by atoms with Crippen LogP contribution in [0.15, 0.2) is 12.4 Å². The van der Waals surface area contributed by atoms with Crippen LogP contribution in [0.1, 0.15) is 27.7 Å². The maximum atomic E-state index is 11.4. The highest BCUT2D eigenvalue weighted by Crippen LogP contribution is 2.53. The van der Waals surface area contributed by atoms with Crippen molar-refractivity contribution >= 4 is 7.37 Å². The summed E-state index contributed by atoms with van der Waals surface area (Å²) in [6.45, 7) is 11.0. The summed E-state index contributed by atoms with van der Waals surface area (Å²) in [6, 6.07) is 0. The molecule has 0 fully saturated rings. The molecule has 0 aromatic carbocycles. The van der Waals surface area contributed by atoms with Crippen LogP contribution in [-0.2, 0) is 4.57 Å². The maximum absolute atomic E-state index is 11.4. The van der Waals surface area contributed by atoms with Crippen molar-refractivity contribution in [2.24, 2.45) is 5.41 Å². The second-order valence-electron chi connectivity index (χ2n) is 3.90. The Hall–Kier alpha value is -0.0700. The third-order valence-electron chi connectivity index (χ3n) is 2.07. The number of hydrogen-bond acceptors (Lipinski definition) is 1. The standard InChI is InChI=1S/C8H17O2P/c1-6-11(9,10)7(2)8(3,4)5/h6-7H,1H2,2-5H3,(H,9,10). The van der Waals surface area contributed by atoms with Crippen LogP contribution in [0.5, 0.6) is 0 Å². The lowest BCUT2D eigenvalue weighted by Gasteiger charge is -2.29. The summed E-state index contributed by atoms with van der Waals surface area (Å²) < 4.78 is 11.4. The molecule has 11 heavy (non-hydrogen) atoms. The van der Waals surface area contributed by atoms with E-state index in [4.69, 9.17) is 0 Å². The fourth-order valence-electron chi connectivity index (χ4n) is 0.713. The van der Waals surface area contributed by atoms with Gasteiger partial charge in [-0.2, -0.15) is 0 Å². The molecule has 0 rings (SSSR count). The predicted molar refractivity (Wildman–Crippen MR) is 48.9 cm³/mol. The highest BCUT2D eigenvalue weighted by atomic mass is 31.2. The maximum Gasteiger partial charge on any atom is 0.225 e. The molecule has 0 aliphatic rings. The molecule has 3 heteroatoms. The average molecular weight is 176 g/mol. The molecule has 0 radical (unpaired) electrons. The van der Waals surface area contributed by atoms with Crippen molar-refractivity contribution in [1.29, 1.82) is 0 Å². The summed E-state index contributed by atoms with van der Waals surface area (Å²) in [6.07, 6.45) is 0. The van der Waals surface area contributed by atoms with Gasteiger partial charge in [0.05, 0.1) is 0 Å². The van der Waals surface area contributed by atoms with Crippen molar-refractivity contribution in [3.8, 4) is 0 Å². The lowest BCUT2D eigenvalue weighted by atomic mass is 9.93. The van der Waals surface area contributed by atoms with Gasteiger partial charge in [0.25, 0.3) is 0 Å². The lowest BCUT2D eigenvalue weighted by molar-refractivity contribution is 0.366. The Bertz CT molecular complexity index is 191. The molecule has 66 valence electrons. The van der Waals surface area contributed by atoms with Gasteiger partial charge in [-0.1, -0.05) is 34.3 Å². The monoisotopic (exact) mass is 176 g/mol. The molecule has 0 bridgehead atoms. The topological polar surface area (TPSA) is 37.3 Å². The Morgan fingerprint density at radius 1 is 1.55 bits per heavy atom. The Labute approximate surface area is 68.8 Å². The zero-order valence-electron chi connectivity index (χ0n) is 7.66.